The lowest BCUT2D eigenvalue weighted by molar-refractivity contribution is 0.301. The molecule has 3 nitrogen and oxygen atoms in total. The predicted molar refractivity (Wildman–Crippen MR) is 77.8 cm³/mol. The van der Waals surface area contributed by atoms with Gasteiger partial charge in [0.25, 0.3) is 0 Å². The molecule has 0 heterocycles. The molecule has 2 unspecified atom stereocenters. The van der Waals surface area contributed by atoms with Crippen LogP contribution in [0.2, 0.25) is 0 Å². The molecule has 0 spiro atoms. The van der Waals surface area contributed by atoms with Crippen LogP contribution in [0, 0.1) is 5.92 Å². The Labute approximate surface area is 116 Å². The fourth-order valence-corrected chi connectivity index (χ4v) is 2.91. The number of methoxy groups -OCH3 is 1. The molecule has 2 rings (SSSR count). The third-order valence-electron chi connectivity index (χ3n) is 3.99. The molecule has 2 atom stereocenters. The first-order valence-corrected chi connectivity index (χ1v) is 7.30. The van der Waals surface area contributed by atoms with Gasteiger partial charge >= 0.3 is 0 Å². The van der Waals surface area contributed by atoms with E-state index >= 15 is 0 Å². The van der Waals surface area contributed by atoms with Gasteiger partial charge in [0.15, 0.2) is 11.5 Å². The number of rotatable bonds is 5. The van der Waals surface area contributed by atoms with Gasteiger partial charge in [-0.25, -0.2) is 0 Å². The van der Waals surface area contributed by atoms with Gasteiger partial charge in [0, 0.05) is 6.04 Å². The summed E-state index contributed by atoms with van der Waals surface area (Å²) in [5, 5.41) is 0. The van der Waals surface area contributed by atoms with Crippen molar-refractivity contribution in [2.24, 2.45) is 11.7 Å². The summed E-state index contributed by atoms with van der Waals surface area (Å²) in [5.74, 6) is 2.25. The van der Waals surface area contributed by atoms with Gasteiger partial charge in [-0.1, -0.05) is 18.9 Å². The summed E-state index contributed by atoms with van der Waals surface area (Å²) in [7, 11) is 1.68. The Balaban J connectivity index is 2.09. The van der Waals surface area contributed by atoms with E-state index in [1.807, 2.05) is 13.0 Å². The molecule has 0 saturated heterocycles. The van der Waals surface area contributed by atoms with E-state index in [0.717, 1.165) is 17.9 Å². The van der Waals surface area contributed by atoms with E-state index in [9.17, 15) is 0 Å². The highest BCUT2D eigenvalue weighted by atomic mass is 16.5. The molecule has 1 saturated carbocycles. The maximum absolute atomic E-state index is 6.22. The second-order valence-corrected chi connectivity index (χ2v) is 5.33. The second kappa shape index (κ2) is 6.80. The Morgan fingerprint density at radius 2 is 2.00 bits per heavy atom. The van der Waals surface area contributed by atoms with Crippen LogP contribution in [-0.4, -0.2) is 19.8 Å². The molecule has 106 valence electrons. The first-order valence-electron chi connectivity index (χ1n) is 7.30. The minimum absolute atomic E-state index is 0.353. The van der Waals surface area contributed by atoms with Gasteiger partial charge in [0.1, 0.15) is 0 Å². The van der Waals surface area contributed by atoms with Gasteiger partial charge in [-0.15, -0.1) is 0 Å². The van der Waals surface area contributed by atoms with Crippen LogP contribution >= 0.6 is 0 Å². The van der Waals surface area contributed by atoms with Crippen molar-refractivity contribution in [3.63, 3.8) is 0 Å². The largest absolute Gasteiger partial charge is 0.493 e. The first-order chi connectivity index (χ1) is 9.24. The van der Waals surface area contributed by atoms with Gasteiger partial charge in [-0.05, 0) is 49.8 Å². The highest BCUT2D eigenvalue weighted by Gasteiger charge is 2.22. The SMILES string of the molecule is CCOc1cc(CC2CCCCC2N)ccc1OC. The first kappa shape index (κ1) is 14.2. The summed E-state index contributed by atoms with van der Waals surface area (Å²) in [5.41, 5.74) is 7.52. The quantitative estimate of drug-likeness (QED) is 0.887. The average Bonchev–Trinajstić information content (AvgIpc) is 2.42. The maximum Gasteiger partial charge on any atom is 0.161 e. The molecule has 1 aromatic carbocycles. The highest BCUT2D eigenvalue weighted by molar-refractivity contribution is 5.43. The Bertz CT molecular complexity index is 406. The van der Waals surface area contributed by atoms with Gasteiger partial charge in [-0.3, -0.25) is 0 Å². The minimum atomic E-state index is 0.353. The highest BCUT2D eigenvalue weighted by Crippen LogP contribution is 2.31. The van der Waals surface area contributed by atoms with Crippen molar-refractivity contribution in [3.05, 3.63) is 23.8 Å². The molecule has 1 aromatic rings. The molecule has 3 heteroatoms. The molecule has 0 amide bonds. The minimum Gasteiger partial charge on any atom is -0.493 e. The molecule has 1 fully saturated rings. The van der Waals surface area contributed by atoms with E-state index in [-0.39, 0.29) is 0 Å². The predicted octanol–water partition coefficient (Wildman–Crippen LogP) is 3.15. The van der Waals surface area contributed by atoms with Crippen molar-refractivity contribution < 1.29 is 9.47 Å². The number of hydrogen-bond acceptors (Lipinski definition) is 3. The monoisotopic (exact) mass is 263 g/mol. The summed E-state index contributed by atoms with van der Waals surface area (Å²) in [6.45, 7) is 2.64. The molecule has 19 heavy (non-hydrogen) atoms. The van der Waals surface area contributed by atoms with E-state index in [1.165, 1.54) is 31.2 Å². The third kappa shape index (κ3) is 3.63. The Morgan fingerprint density at radius 1 is 1.21 bits per heavy atom. The van der Waals surface area contributed by atoms with Crippen molar-refractivity contribution in [2.45, 2.75) is 45.1 Å². The van der Waals surface area contributed by atoms with Crippen LogP contribution in [0.3, 0.4) is 0 Å². The van der Waals surface area contributed by atoms with E-state index in [4.69, 9.17) is 15.2 Å². The molecule has 0 aromatic heterocycles. The van der Waals surface area contributed by atoms with E-state index in [2.05, 4.69) is 12.1 Å². The van der Waals surface area contributed by atoms with E-state index in [1.54, 1.807) is 7.11 Å². The lowest BCUT2D eigenvalue weighted by Crippen LogP contribution is -2.34. The zero-order valence-corrected chi connectivity index (χ0v) is 12.0. The van der Waals surface area contributed by atoms with Crippen molar-refractivity contribution in [1.29, 1.82) is 0 Å². The van der Waals surface area contributed by atoms with Crippen LogP contribution in [0.25, 0.3) is 0 Å². The zero-order chi connectivity index (χ0) is 13.7. The van der Waals surface area contributed by atoms with Crippen molar-refractivity contribution >= 4 is 0 Å². The lowest BCUT2D eigenvalue weighted by Gasteiger charge is -2.28. The van der Waals surface area contributed by atoms with Crippen molar-refractivity contribution in [3.8, 4) is 11.5 Å². The topological polar surface area (TPSA) is 44.5 Å². The van der Waals surface area contributed by atoms with Crippen molar-refractivity contribution in [2.75, 3.05) is 13.7 Å². The van der Waals surface area contributed by atoms with Crippen molar-refractivity contribution in [1.82, 2.24) is 0 Å². The van der Waals surface area contributed by atoms with Crippen LogP contribution in [0.5, 0.6) is 11.5 Å². The van der Waals surface area contributed by atoms with Gasteiger partial charge in [-0.2, -0.15) is 0 Å². The van der Waals surface area contributed by atoms with Gasteiger partial charge in [0.2, 0.25) is 0 Å². The normalized spacial score (nSPS) is 23.1. The summed E-state index contributed by atoms with van der Waals surface area (Å²) < 4.78 is 10.9. The Kier molecular flexibility index (Phi) is 5.08. The second-order valence-electron chi connectivity index (χ2n) is 5.33. The summed E-state index contributed by atoms with van der Waals surface area (Å²) in [6.07, 6.45) is 6.05. The molecule has 1 aliphatic carbocycles. The Morgan fingerprint density at radius 3 is 2.68 bits per heavy atom. The third-order valence-corrected chi connectivity index (χ3v) is 3.99. The van der Waals surface area contributed by atoms with Crippen LogP contribution in [0.15, 0.2) is 18.2 Å². The molecular formula is C16H25NO2. The number of hydrogen-bond donors (Lipinski definition) is 1. The van der Waals surface area contributed by atoms with Crippen LogP contribution in [-0.2, 0) is 6.42 Å². The summed E-state index contributed by atoms with van der Waals surface area (Å²) in [4.78, 5) is 0. The Hall–Kier alpha value is -1.22. The number of ether oxygens (including phenoxy) is 2. The standard InChI is InChI=1S/C16H25NO2/c1-3-19-16-11-12(8-9-15(16)18-2)10-13-6-4-5-7-14(13)17/h8-9,11,13-14H,3-7,10,17H2,1-2H3. The van der Waals surface area contributed by atoms with E-state index in [0.29, 0.717) is 18.6 Å². The lowest BCUT2D eigenvalue weighted by atomic mass is 9.81. The molecule has 0 bridgehead atoms. The van der Waals surface area contributed by atoms with Crippen LogP contribution < -0.4 is 15.2 Å². The van der Waals surface area contributed by atoms with E-state index < -0.39 is 0 Å². The molecular weight excluding hydrogens is 238 g/mol. The van der Waals surface area contributed by atoms with Gasteiger partial charge in [0.05, 0.1) is 13.7 Å². The van der Waals surface area contributed by atoms with Crippen LogP contribution in [0.4, 0.5) is 0 Å². The fourth-order valence-electron chi connectivity index (χ4n) is 2.91. The van der Waals surface area contributed by atoms with Crippen LogP contribution in [0.1, 0.15) is 38.2 Å². The molecule has 2 N–H and O–H groups in total. The summed E-state index contributed by atoms with van der Waals surface area (Å²) in [6, 6.07) is 6.58. The smallest absolute Gasteiger partial charge is 0.161 e. The number of nitrogens with two attached hydrogens (primary N) is 1. The number of benzene rings is 1. The molecule has 0 radical (unpaired) electrons. The fraction of sp³-hybridized carbons (Fsp3) is 0.625. The summed E-state index contributed by atoms with van der Waals surface area (Å²) >= 11 is 0. The molecule has 0 aliphatic heterocycles. The molecule has 1 aliphatic rings. The van der Waals surface area contributed by atoms with Gasteiger partial charge < -0.3 is 15.2 Å². The zero-order valence-electron chi connectivity index (χ0n) is 12.0. The average molecular weight is 263 g/mol. The maximum atomic E-state index is 6.22.